The zero-order chi connectivity index (χ0) is 23.7. The summed E-state index contributed by atoms with van der Waals surface area (Å²) in [4.78, 5) is 9.77. The van der Waals surface area contributed by atoms with Crippen molar-refractivity contribution in [3.63, 3.8) is 0 Å². The first-order chi connectivity index (χ1) is 16.5. The molecule has 5 rings (SSSR count). The number of phenols is 2. The van der Waals surface area contributed by atoms with E-state index >= 15 is 0 Å². The molecule has 0 heterocycles. The van der Waals surface area contributed by atoms with E-state index in [-0.39, 0.29) is 23.6 Å². The molecule has 1 aliphatic carbocycles. The minimum atomic E-state index is 0.0554. The molecule has 1 fully saturated rings. The van der Waals surface area contributed by atoms with Gasteiger partial charge in [-0.05, 0) is 71.5 Å². The van der Waals surface area contributed by atoms with Crippen molar-refractivity contribution in [3.05, 3.63) is 82.9 Å². The monoisotopic (exact) mass is 450 g/mol. The van der Waals surface area contributed by atoms with E-state index in [0.29, 0.717) is 0 Å². The van der Waals surface area contributed by atoms with E-state index < -0.39 is 0 Å². The van der Waals surface area contributed by atoms with Gasteiger partial charge in [0, 0.05) is 23.6 Å². The lowest BCUT2D eigenvalue weighted by molar-refractivity contribution is 0.390. The number of aryl methyl sites for hydroxylation is 2. The summed E-state index contributed by atoms with van der Waals surface area (Å²) in [7, 11) is 0. The Morgan fingerprint density at radius 1 is 0.676 bits per heavy atom. The number of nitrogens with zero attached hydrogens (tertiary/aromatic N) is 2. The van der Waals surface area contributed by atoms with Gasteiger partial charge in [-0.2, -0.15) is 0 Å². The summed E-state index contributed by atoms with van der Waals surface area (Å²) < 4.78 is 0. The van der Waals surface area contributed by atoms with Crippen LogP contribution >= 0.6 is 0 Å². The van der Waals surface area contributed by atoms with E-state index in [2.05, 4.69) is 12.1 Å². The van der Waals surface area contributed by atoms with Crippen molar-refractivity contribution in [2.75, 3.05) is 0 Å². The summed E-state index contributed by atoms with van der Waals surface area (Å²) in [5.41, 5.74) is 3.24. The Morgan fingerprint density at radius 2 is 1.09 bits per heavy atom. The third-order valence-electron chi connectivity index (χ3n) is 7.11. The highest BCUT2D eigenvalue weighted by molar-refractivity contribution is 5.97. The summed E-state index contributed by atoms with van der Waals surface area (Å²) in [6, 6.07) is 20.3. The fourth-order valence-electron chi connectivity index (χ4n) is 5.08. The lowest BCUT2D eigenvalue weighted by Crippen LogP contribution is -2.27. The van der Waals surface area contributed by atoms with E-state index in [9.17, 15) is 10.2 Å². The van der Waals surface area contributed by atoms with Gasteiger partial charge in [-0.1, -0.05) is 61.4 Å². The van der Waals surface area contributed by atoms with Gasteiger partial charge in [-0.25, -0.2) is 0 Å². The molecule has 4 aromatic rings. The molecule has 0 amide bonds. The predicted octanol–water partition coefficient (Wildman–Crippen LogP) is 6.87. The molecule has 0 aliphatic heterocycles. The standard InChI is InChI=1S/C30H30N2O2/c1-19-25-11-5-3-9-21(25)15-23(29(19)33)17-31-27-13-7-8-14-28(27)32-18-24-16-22-10-4-6-12-26(22)20(2)30(24)34/h3-6,9-12,15-18,27-28,33-34H,7-8,13-14H2,1-2H3/t27-,28-/m1/s1. The highest BCUT2D eigenvalue weighted by Crippen LogP contribution is 2.32. The van der Waals surface area contributed by atoms with Gasteiger partial charge in [0.15, 0.2) is 0 Å². The Bertz CT molecular complexity index is 1310. The first-order valence-corrected chi connectivity index (χ1v) is 12.0. The number of fused-ring (bicyclic) bond motifs is 2. The first-order valence-electron chi connectivity index (χ1n) is 12.0. The first kappa shape index (κ1) is 22.1. The van der Waals surface area contributed by atoms with Crippen LogP contribution in [0.25, 0.3) is 21.5 Å². The van der Waals surface area contributed by atoms with Crippen molar-refractivity contribution in [3.8, 4) is 11.5 Å². The van der Waals surface area contributed by atoms with Crippen molar-refractivity contribution < 1.29 is 10.2 Å². The van der Waals surface area contributed by atoms with Crippen LogP contribution in [0.3, 0.4) is 0 Å². The van der Waals surface area contributed by atoms with E-state index in [1.165, 1.54) is 0 Å². The molecule has 172 valence electrons. The maximum atomic E-state index is 10.7. The second kappa shape index (κ2) is 9.30. The SMILES string of the molecule is Cc1c(O)c(C=N[C@@H]2CCCC[C@H]2N=Cc2cc3ccccc3c(C)c2O)cc2ccccc12. The molecule has 34 heavy (non-hydrogen) atoms. The zero-order valence-corrected chi connectivity index (χ0v) is 19.7. The Balaban J connectivity index is 1.42. The van der Waals surface area contributed by atoms with Gasteiger partial charge in [-0.3, -0.25) is 9.98 Å². The molecule has 1 saturated carbocycles. The van der Waals surface area contributed by atoms with Crippen molar-refractivity contribution in [1.29, 1.82) is 0 Å². The molecule has 2 N–H and O–H groups in total. The predicted molar refractivity (Wildman–Crippen MR) is 142 cm³/mol. The van der Waals surface area contributed by atoms with Gasteiger partial charge >= 0.3 is 0 Å². The van der Waals surface area contributed by atoms with Crippen molar-refractivity contribution in [2.45, 2.75) is 51.6 Å². The van der Waals surface area contributed by atoms with Crippen molar-refractivity contribution >= 4 is 34.0 Å². The fourth-order valence-corrected chi connectivity index (χ4v) is 5.08. The molecule has 4 aromatic carbocycles. The maximum absolute atomic E-state index is 10.7. The third-order valence-corrected chi connectivity index (χ3v) is 7.11. The number of phenolic OH excluding ortho intramolecular Hbond substituents is 2. The van der Waals surface area contributed by atoms with Crippen LogP contribution in [0, 0.1) is 13.8 Å². The Morgan fingerprint density at radius 3 is 1.53 bits per heavy atom. The Hall–Kier alpha value is -3.66. The quantitative estimate of drug-likeness (QED) is 0.333. The average molecular weight is 451 g/mol. The molecule has 0 saturated heterocycles. The molecule has 4 heteroatoms. The molecule has 4 nitrogen and oxygen atoms in total. The number of hydrogen-bond acceptors (Lipinski definition) is 4. The molecular weight excluding hydrogens is 420 g/mol. The van der Waals surface area contributed by atoms with Crippen LogP contribution in [-0.2, 0) is 0 Å². The van der Waals surface area contributed by atoms with Crippen LogP contribution in [0.4, 0.5) is 0 Å². The van der Waals surface area contributed by atoms with Gasteiger partial charge in [0.1, 0.15) is 11.5 Å². The second-order valence-electron chi connectivity index (χ2n) is 9.30. The summed E-state index contributed by atoms with van der Waals surface area (Å²) in [6.45, 7) is 3.89. The molecule has 2 atom stereocenters. The summed E-state index contributed by atoms with van der Waals surface area (Å²) in [5.74, 6) is 0.574. The number of rotatable bonds is 4. The largest absolute Gasteiger partial charge is 0.507 e. The van der Waals surface area contributed by atoms with E-state index in [4.69, 9.17) is 9.98 Å². The number of aliphatic imine (C=N–C) groups is 2. The zero-order valence-electron chi connectivity index (χ0n) is 19.7. The second-order valence-corrected chi connectivity index (χ2v) is 9.30. The van der Waals surface area contributed by atoms with Gasteiger partial charge in [0.25, 0.3) is 0 Å². The molecular formula is C30H30N2O2. The summed E-state index contributed by atoms with van der Waals surface area (Å²) in [6.07, 6.45) is 7.80. The average Bonchev–Trinajstić information content (AvgIpc) is 2.87. The van der Waals surface area contributed by atoms with Gasteiger partial charge < -0.3 is 10.2 Å². The van der Waals surface area contributed by atoms with Gasteiger partial charge in [-0.15, -0.1) is 0 Å². The van der Waals surface area contributed by atoms with E-state index in [0.717, 1.165) is 69.5 Å². The smallest absolute Gasteiger partial charge is 0.127 e. The molecule has 0 radical (unpaired) electrons. The Labute approximate surface area is 200 Å². The van der Waals surface area contributed by atoms with Crippen LogP contribution in [0.2, 0.25) is 0 Å². The van der Waals surface area contributed by atoms with Gasteiger partial charge in [0.05, 0.1) is 12.1 Å². The molecule has 0 bridgehead atoms. The molecule has 0 unspecified atom stereocenters. The topological polar surface area (TPSA) is 65.2 Å². The highest BCUT2D eigenvalue weighted by Gasteiger charge is 2.23. The minimum absolute atomic E-state index is 0.0554. The minimum Gasteiger partial charge on any atom is -0.507 e. The summed E-state index contributed by atoms with van der Waals surface area (Å²) in [5, 5.41) is 25.8. The van der Waals surface area contributed by atoms with Gasteiger partial charge in [0.2, 0.25) is 0 Å². The fraction of sp³-hybridized carbons (Fsp3) is 0.267. The van der Waals surface area contributed by atoms with Crippen molar-refractivity contribution in [2.24, 2.45) is 9.98 Å². The molecule has 0 spiro atoms. The normalized spacial score (nSPS) is 19.0. The van der Waals surface area contributed by atoms with E-state index in [1.807, 2.05) is 74.8 Å². The van der Waals surface area contributed by atoms with Crippen LogP contribution in [0.1, 0.15) is 47.9 Å². The van der Waals surface area contributed by atoms with Crippen LogP contribution in [0.5, 0.6) is 11.5 Å². The van der Waals surface area contributed by atoms with Crippen molar-refractivity contribution in [1.82, 2.24) is 0 Å². The van der Waals surface area contributed by atoms with E-state index in [1.54, 1.807) is 0 Å². The maximum Gasteiger partial charge on any atom is 0.127 e. The van der Waals surface area contributed by atoms with Crippen LogP contribution < -0.4 is 0 Å². The number of hydrogen-bond donors (Lipinski definition) is 2. The Kier molecular flexibility index (Phi) is 6.06. The number of aromatic hydroxyl groups is 2. The molecule has 1 aliphatic rings. The lowest BCUT2D eigenvalue weighted by Gasteiger charge is -2.25. The highest BCUT2D eigenvalue weighted by atomic mass is 16.3. The third kappa shape index (κ3) is 4.16. The lowest BCUT2D eigenvalue weighted by atomic mass is 9.91. The van der Waals surface area contributed by atoms with Crippen LogP contribution in [0.15, 0.2) is 70.6 Å². The molecule has 0 aromatic heterocycles. The van der Waals surface area contributed by atoms with Crippen LogP contribution in [-0.4, -0.2) is 34.7 Å². The summed E-state index contributed by atoms with van der Waals surface area (Å²) >= 11 is 0. The number of benzene rings is 4.